The van der Waals surface area contributed by atoms with Crippen molar-refractivity contribution in [3.63, 3.8) is 0 Å². The standard InChI is InChI=1S/C43H40N4OS2/c1-25-38-41(50-40(25)27-13-15-28(16-14-27)42(3,4)5)39(46-24-45-38)36-23-35(26(2)49-36)48-30-17-18-32-31-11-9-10-12-33(31)47(34(32)22-30)37-21-29(19-20-44-37)43(6,7)8/h9-24H,1-8H3. The van der Waals surface area contributed by atoms with Gasteiger partial charge in [0.2, 0.25) is 0 Å². The maximum Gasteiger partial charge on any atom is 0.141 e. The van der Waals surface area contributed by atoms with E-state index in [2.05, 4.69) is 145 Å². The molecule has 0 aliphatic heterocycles. The predicted molar refractivity (Wildman–Crippen MR) is 212 cm³/mol. The number of aryl methyl sites for hydroxylation is 2. The summed E-state index contributed by atoms with van der Waals surface area (Å²) in [5.41, 5.74) is 9.23. The zero-order chi connectivity index (χ0) is 34.9. The van der Waals surface area contributed by atoms with Gasteiger partial charge in [0.1, 0.15) is 29.3 Å². The summed E-state index contributed by atoms with van der Waals surface area (Å²) in [4.78, 5) is 17.8. The van der Waals surface area contributed by atoms with Gasteiger partial charge in [0.25, 0.3) is 0 Å². The molecule has 0 atom stereocenters. The van der Waals surface area contributed by atoms with Crippen molar-refractivity contribution in [1.82, 2.24) is 19.5 Å². The number of para-hydroxylation sites is 1. The highest BCUT2D eigenvalue weighted by atomic mass is 32.1. The van der Waals surface area contributed by atoms with Crippen LogP contribution < -0.4 is 4.74 Å². The number of nitrogens with zero attached hydrogens (tertiary/aromatic N) is 4. The third kappa shape index (κ3) is 5.59. The first kappa shape index (κ1) is 32.4. The molecule has 0 unspecified atom stereocenters. The Bertz CT molecular complexity index is 2560. The van der Waals surface area contributed by atoms with Crippen molar-refractivity contribution in [1.29, 1.82) is 0 Å². The predicted octanol–water partition coefficient (Wildman–Crippen LogP) is 12.6. The second-order valence-electron chi connectivity index (χ2n) is 15.1. The van der Waals surface area contributed by atoms with Crippen LogP contribution in [-0.2, 0) is 10.8 Å². The lowest BCUT2D eigenvalue weighted by Crippen LogP contribution is -2.12. The molecule has 0 aliphatic rings. The summed E-state index contributed by atoms with van der Waals surface area (Å²) in [7, 11) is 0. The Morgan fingerprint density at radius 3 is 2.18 bits per heavy atom. The second kappa shape index (κ2) is 11.9. The molecule has 0 saturated heterocycles. The molecule has 50 heavy (non-hydrogen) atoms. The van der Waals surface area contributed by atoms with Crippen LogP contribution in [0.25, 0.3) is 58.9 Å². The van der Waals surface area contributed by atoms with Crippen LogP contribution in [0.5, 0.6) is 11.5 Å². The van der Waals surface area contributed by atoms with Crippen LogP contribution in [0.4, 0.5) is 0 Å². The maximum absolute atomic E-state index is 6.67. The summed E-state index contributed by atoms with van der Waals surface area (Å²) >= 11 is 3.47. The first-order valence-electron chi connectivity index (χ1n) is 17.0. The molecule has 5 heterocycles. The highest BCUT2D eigenvalue weighted by Crippen LogP contribution is 2.45. The normalized spacial score (nSPS) is 12.4. The summed E-state index contributed by atoms with van der Waals surface area (Å²) in [5, 5.41) is 2.36. The van der Waals surface area contributed by atoms with E-state index in [0.717, 1.165) is 54.0 Å². The number of benzene rings is 3. The first-order chi connectivity index (χ1) is 23.9. The summed E-state index contributed by atoms with van der Waals surface area (Å²) < 4.78 is 10.0. The quantitative estimate of drug-likeness (QED) is 0.180. The van der Waals surface area contributed by atoms with Crippen molar-refractivity contribution in [2.75, 3.05) is 0 Å². The van der Waals surface area contributed by atoms with Gasteiger partial charge in [-0.25, -0.2) is 15.0 Å². The number of ether oxygens (including phenoxy) is 1. The van der Waals surface area contributed by atoms with Crippen molar-refractivity contribution in [3.05, 3.63) is 119 Å². The van der Waals surface area contributed by atoms with Crippen LogP contribution >= 0.6 is 22.7 Å². The monoisotopic (exact) mass is 692 g/mol. The van der Waals surface area contributed by atoms with Crippen LogP contribution in [0.15, 0.2) is 97.5 Å². The lowest BCUT2D eigenvalue weighted by atomic mass is 9.86. The highest BCUT2D eigenvalue weighted by molar-refractivity contribution is 7.23. The Labute approximate surface area is 301 Å². The fourth-order valence-electron chi connectivity index (χ4n) is 6.67. The zero-order valence-electron chi connectivity index (χ0n) is 29.8. The minimum atomic E-state index is 0.00916. The summed E-state index contributed by atoms with van der Waals surface area (Å²) in [6, 6.07) is 30.3. The molecule has 8 aromatic rings. The van der Waals surface area contributed by atoms with Gasteiger partial charge >= 0.3 is 0 Å². The Balaban J connectivity index is 1.17. The summed E-state index contributed by atoms with van der Waals surface area (Å²) in [6.45, 7) is 17.7. The average molecular weight is 693 g/mol. The number of hydrogen-bond donors (Lipinski definition) is 0. The van der Waals surface area contributed by atoms with E-state index >= 15 is 0 Å². The molecule has 250 valence electrons. The van der Waals surface area contributed by atoms with Crippen molar-refractivity contribution in [2.24, 2.45) is 0 Å². The summed E-state index contributed by atoms with van der Waals surface area (Å²) in [6.07, 6.45) is 3.60. The van der Waals surface area contributed by atoms with E-state index in [0.29, 0.717) is 0 Å². The Kier molecular flexibility index (Phi) is 7.69. The molecule has 7 heteroatoms. The number of thiophene rings is 2. The molecule has 0 radical (unpaired) electrons. The Morgan fingerprint density at radius 2 is 1.42 bits per heavy atom. The van der Waals surface area contributed by atoms with Crippen LogP contribution in [0, 0.1) is 13.8 Å². The second-order valence-corrected chi connectivity index (χ2v) is 17.4. The van der Waals surface area contributed by atoms with Gasteiger partial charge in [0.15, 0.2) is 0 Å². The van der Waals surface area contributed by atoms with Crippen LogP contribution in [-0.4, -0.2) is 19.5 Å². The zero-order valence-corrected chi connectivity index (χ0v) is 31.4. The van der Waals surface area contributed by atoms with E-state index < -0.39 is 0 Å². The average Bonchev–Trinajstić information content (AvgIpc) is 3.74. The number of fused-ring (bicyclic) bond motifs is 4. The minimum Gasteiger partial charge on any atom is -0.456 e. The number of pyridine rings is 1. The summed E-state index contributed by atoms with van der Waals surface area (Å²) in [5.74, 6) is 2.51. The van der Waals surface area contributed by atoms with E-state index in [9.17, 15) is 0 Å². The van der Waals surface area contributed by atoms with Gasteiger partial charge in [-0.3, -0.25) is 4.57 Å². The smallest absolute Gasteiger partial charge is 0.141 e. The third-order valence-electron chi connectivity index (χ3n) is 9.54. The SMILES string of the molecule is Cc1sc(-c2ncnc3c(C)c(-c4ccc(C(C)(C)C)cc4)sc23)cc1Oc1ccc2c3ccccc3n(-c3cc(C(C)(C)C)ccn3)c2c1. The van der Waals surface area contributed by atoms with Gasteiger partial charge < -0.3 is 4.74 Å². The molecular formula is C43H40N4OS2. The van der Waals surface area contributed by atoms with Gasteiger partial charge in [-0.2, -0.15) is 0 Å². The molecule has 0 N–H and O–H groups in total. The molecular weight excluding hydrogens is 653 g/mol. The van der Waals surface area contributed by atoms with E-state index in [1.54, 1.807) is 29.0 Å². The van der Waals surface area contributed by atoms with Crippen LogP contribution in [0.2, 0.25) is 0 Å². The topological polar surface area (TPSA) is 52.8 Å². The fourth-order valence-corrected chi connectivity index (χ4v) is 8.96. The molecule has 8 rings (SSSR count). The molecule has 3 aromatic carbocycles. The van der Waals surface area contributed by atoms with Crippen molar-refractivity contribution in [2.45, 2.75) is 66.2 Å². The minimum absolute atomic E-state index is 0.00916. The number of hydrogen-bond acceptors (Lipinski definition) is 6. The van der Waals surface area contributed by atoms with E-state index in [1.165, 1.54) is 37.9 Å². The number of aromatic nitrogens is 4. The van der Waals surface area contributed by atoms with E-state index in [1.807, 2.05) is 6.20 Å². The Morgan fingerprint density at radius 1 is 0.680 bits per heavy atom. The molecule has 0 aliphatic carbocycles. The van der Waals surface area contributed by atoms with Crippen molar-refractivity contribution >= 4 is 54.7 Å². The van der Waals surface area contributed by atoms with Gasteiger partial charge in [-0.1, -0.05) is 84.0 Å². The lowest BCUT2D eigenvalue weighted by molar-refractivity contribution is 0.482. The molecule has 0 amide bonds. The first-order valence-corrected chi connectivity index (χ1v) is 18.6. The van der Waals surface area contributed by atoms with Gasteiger partial charge in [-0.15, -0.1) is 22.7 Å². The molecule has 5 aromatic heterocycles. The molecule has 0 spiro atoms. The third-order valence-corrected chi connectivity index (χ3v) is 11.9. The van der Waals surface area contributed by atoms with Crippen LogP contribution in [0.3, 0.4) is 0 Å². The van der Waals surface area contributed by atoms with Gasteiger partial charge in [0, 0.05) is 38.9 Å². The lowest BCUT2D eigenvalue weighted by Gasteiger charge is -2.20. The van der Waals surface area contributed by atoms with Crippen molar-refractivity contribution < 1.29 is 4.74 Å². The fraction of sp³-hybridized carbons (Fsp3) is 0.233. The maximum atomic E-state index is 6.67. The Hall–Kier alpha value is -4.85. The largest absolute Gasteiger partial charge is 0.456 e. The molecule has 0 saturated carbocycles. The molecule has 5 nitrogen and oxygen atoms in total. The van der Waals surface area contributed by atoms with E-state index in [4.69, 9.17) is 19.7 Å². The van der Waals surface area contributed by atoms with Gasteiger partial charge in [0.05, 0.1) is 26.1 Å². The van der Waals surface area contributed by atoms with Crippen molar-refractivity contribution in [3.8, 4) is 38.3 Å². The molecule has 0 fully saturated rings. The highest BCUT2D eigenvalue weighted by Gasteiger charge is 2.22. The molecule has 0 bridgehead atoms. The van der Waals surface area contributed by atoms with E-state index in [-0.39, 0.29) is 10.8 Å². The van der Waals surface area contributed by atoms with Gasteiger partial charge in [-0.05, 0) is 77.3 Å². The van der Waals surface area contributed by atoms with Crippen LogP contribution in [0.1, 0.15) is 63.1 Å². The number of rotatable bonds is 5.